The molecule has 0 amide bonds. The number of rotatable bonds is 6. The van der Waals surface area contributed by atoms with Crippen molar-refractivity contribution in [2.75, 3.05) is 19.5 Å². The summed E-state index contributed by atoms with van der Waals surface area (Å²) in [6, 6.07) is 11.6. The van der Waals surface area contributed by atoms with E-state index in [0.29, 0.717) is 22.8 Å². The molecular weight excluding hydrogens is 387 g/mol. The van der Waals surface area contributed by atoms with Crippen LogP contribution in [-0.2, 0) is 0 Å². The molecule has 0 unspecified atom stereocenters. The molecule has 0 aliphatic rings. The van der Waals surface area contributed by atoms with Crippen LogP contribution < -0.4 is 14.8 Å². The SMILES string of the molecule is COc1nc(Nc2ccc(-n3cnc(C)c3)c(OC)c2)nc(-c2ccc(F)cc2)n1. The van der Waals surface area contributed by atoms with Crippen molar-refractivity contribution in [3.05, 3.63) is 66.5 Å². The summed E-state index contributed by atoms with van der Waals surface area (Å²) in [4.78, 5) is 17.2. The summed E-state index contributed by atoms with van der Waals surface area (Å²) in [5.74, 6) is 0.965. The number of aromatic nitrogens is 5. The Morgan fingerprint density at radius 3 is 2.43 bits per heavy atom. The monoisotopic (exact) mass is 406 g/mol. The molecule has 0 aliphatic carbocycles. The number of nitrogens with one attached hydrogen (secondary N) is 1. The van der Waals surface area contributed by atoms with Crippen LogP contribution >= 0.6 is 0 Å². The minimum absolute atomic E-state index is 0.143. The lowest BCUT2D eigenvalue weighted by Gasteiger charge is -2.13. The molecule has 2 aromatic heterocycles. The molecule has 0 aliphatic heterocycles. The number of ether oxygens (including phenoxy) is 2. The van der Waals surface area contributed by atoms with Crippen LogP contribution in [0.4, 0.5) is 16.0 Å². The normalized spacial score (nSPS) is 10.7. The van der Waals surface area contributed by atoms with E-state index in [2.05, 4.69) is 25.3 Å². The molecule has 8 nitrogen and oxygen atoms in total. The van der Waals surface area contributed by atoms with Gasteiger partial charge < -0.3 is 19.4 Å². The van der Waals surface area contributed by atoms with Crippen molar-refractivity contribution in [1.82, 2.24) is 24.5 Å². The van der Waals surface area contributed by atoms with Gasteiger partial charge in [0.2, 0.25) is 5.95 Å². The second kappa shape index (κ2) is 8.16. The van der Waals surface area contributed by atoms with E-state index in [9.17, 15) is 4.39 Å². The zero-order valence-electron chi connectivity index (χ0n) is 16.6. The van der Waals surface area contributed by atoms with Crippen LogP contribution in [-0.4, -0.2) is 38.7 Å². The quantitative estimate of drug-likeness (QED) is 0.519. The van der Waals surface area contributed by atoms with Crippen molar-refractivity contribution in [2.45, 2.75) is 6.92 Å². The predicted octanol–water partition coefficient (Wildman–Crippen LogP) is 3.93. The van der Waals surface area contributed by atoms with Gasteiger partial charge in [0.25, 0.3) is 0 Å². The van der Waals surface area contributed by atoms with Gasteiger partial charge in [0.1, 0.15) is 11.6 Å². The molecule has 0 spiro atoms. The number of methoxy groups -OCH3 is 2. The van der Waals surface area contributed by atoms with E-state index in [1.165, 1.54) is 19.2 Å². The Kier molecular flexibility index (Phi) is 5.25. The molecule has 0 radical (unpaired) electrons. The number of hydrogen-bond acceptors (Lipinski definition) is 7. The molecule has 0 bridgehead atoms. The molecule has 0 fully saturated rings. The van der Waals surface area contributed by atoms with E-state index in [1.807, 2.05) is 35.9 Å². The van der Waals surface area contributed by atoms with Crippen molar-refractivity contribution in [3.63, 3.8) is 0 Å². The Hall–Kier alpha value is -4.01. The number of halogens is 1. The fourth-order valence-electron chi connectivity index (χ4n) is 2.88. The average molecular weight is 406 g/mol. The van der Waals surface area contributed by atoms with E-state index < -0.39 is 0 Å². The van der Waals surface area contributed by atoms with E-state index >= 15 is 0 Å². The minimum atomic E-state index is -0.335. The zero-order valence-corrected chi connectivity index (χ0v) is 16.6. The first-order chi connectivity index (χ1) is 14.6. The molecular formula is C21H19FN6O2. The Morgan fingerprint density at radius 1 is 0.967 bits per heavy atom. The first-order valence-electron chi connectivity index (χ1n) is 9.08. The summed E-state index contributed by atoms with van der Waals surface area (Å²) in [6.07, 6.45) is 3.64. The minimum Gasteiger partial charge on any atom is -0.494 e. The van der Waals surface area contributed by atoms with Crippen LogP contribution in [0.25, 0.3) is 17.1 Å². The molecule has 0 atom stereocenters. The molecule has 0 saturated carbocycles. The Morgan fingerprint density at radius 2 is 1.77 bits per heavy atom. The molecule has 152 valence electrons. The highest BCUT2D eigenvalue weighted by Gasteiger charge is 2.12. The fourth-order valence-corrected chi connectivity index (χ4v) is 2.88. The highest BCUT2D eigenvalue weighted by molar-refractivity contribution is 5.63. The van der Waals surface area contributed by atoms with E-state index in [4.69, 9.17) is 9.47 Å². The maximum Gasteiger partial charge on any atom is 0.321 e. The third-order valence-electron chi connectivity index (χ3n) is 4.33. The number of anilines is 2. The van der Waals surface area contributed by atoms with Crippen LogP contribution in [0.3, 0.4) is 0 Å². The number of aryl methyl sites for hydroxylation is 1. The molecule has 9 heteroatoms. The fraction of sp³-hybridized carbons (Fsp3) is 0.143. The molecule has 30 heavy (non-hydrogen) atoms. The second-order valence-electron chi connectivity index (χ2n) is 6.41. The number of nitrogens with zero attached hydrogens (tertiary/aromatic N) is 5. The van der Waals surface area contributed by atoms with Gasteiger partial charge >= 0.3 is 6.01 Å². The largest absolute Gasteiger partial charge is 0.494 e. The van der Waals surface area contributed by atoms with Crippen LogP contribution in [0.15, 0.2) is 55.0 Å². The standard InChI is InChI=1S/C21H19FN6O2/c1-13-11-28(12-23-13)17-9-8-16(10-18(17)29-2)24-20-25-19(26-21(27-20)30-3)14-4-6-15(22)7-5-14/h4-12H,1-3H3,(H,24,25,26,27). The smallest absolute Gasteiger partial charge is 0.321 e. The van der Waals surface area contributed by atoms with Gasteiger partial charge in [-0.25, -0.2) is 9.37 Å². The molecule has 2 heterocycles. The topological polar surface area (TPSA) is 87.0 Å². The van der Waals surface area contributed by atoms with Gasteiger partial charge in [-0.1, -0.05) is 0 Å². The number of hydrogen-bond donors (Lipinski definition) is 1. The first kappa shape index (κ1) is 19.3. The summed E-state index contributed by atoms with van der Waals surface area (Å²) in [7, 11) is 3.07. The van der Waals surface area contributed by atoms with Crippen LogP contribution in [0.5, 0.6) is 11.8 Å². The molecule has 2 aromatic carbocycles. The lowest BCUT2D eigenvalue weighted by atomic mass is 10.2. The highest BCUT2D eigenvalue weighted by atomic mass is 19.1. The lowest BCUT2D eigenvalue weighted by Crippen LogP contribution is -2.04. The van der Waals surface area contributed by atoms with E-state index in [-0.39, 0.29) is 17.8 Å². The average Bonchev–Trinajstić information content (AvgIpc) is 3.20. The van der Waals surface area contributed by atoms with Gasteiger partial charge in [0.05, 0.1) is 31.9 Å². The summed E-state index contributed by atoms with van der Waals surface area (Å²) in [6.45, 7) is 1.92. The van der Waals surface area contributed by atoms with Crippen molar-refractivity contribution >= 4 is 11.6 Å². The van der Waals surface area contributed by atoms with Gasteiger partial charge in [-0.05, 0) is 43.3 Å². The molecule has 1 N–H and O–H groups in total. The van der Waals surface area contributed by atoms with Crippen LogP contribution in [0.2, 0.25) is 0 Å². The van der Waals surface area contributed by atoms with Gasteiger partial charge in [0.15, 0.2) is 5.82 Å². The van der Waals surface area contributed by atoms with Gasteiger partial charge in [-0.15, -0.1) is 0 Å². The Balaban J connectivity index is 1.66. The lowest BCUT2D eigenvalue weighted by molar-refractivity contribution is 0.379. The maximum atomic E-state index is 13.2. The van der Waals surface area contributed by atoms with E-state index in [1.54, 1.807) is 25.6 Å². The van der Waals surface area contributed by atoms with Gasteiger partial charge in [-0.2, -0.15) is 15.0 Å². The number of benzene rings is 2. The third kappa shape index (κ3) is 4.04. The van der Waals surface area contributed by atoms with Crippen molar-refractivity contribution in [3.8, 4) is 28.8 Å². The van der Waals surface area contributed by atoms with Crippen molar-refractivity contribution in [1.29, 1.82) is 0 Å². The Bertz CT molecular complexity index is 1180. The number of imidazole rings is 1. The summed E-state index contributed by atoms with van der Waals surface area (Å²) >= 11 is 0. The summed E-state index contributed by atoms with van der Waals surface area (Å²) in [5, 5.41) is 3.14. The van der Waals surface area contributed by atoms with Gasteiger partial charge in [0, 0.05) is 23.5 Å². The van der Waals surface area contributed by atoms with Crippen molar-refractivity contribution in [2.24, 2.45) is 0 Å². The maximum absolute atomic E-state index is 13.2. The van der Waals surface area contributed by atoms with E-state index in [0.717, 1.165) is 11.4 Å². The third-order valence-corrected chi connectivity index (χ3v) is 4.33. The van der Waals surface area contributed by atoms with Crippen LogP contribution in [0.1, 0.15) is 5.69 Å². The second-order valence-corrected chi connectivity index (χ2v) is 6.41. The molecule has 4 rings (SSSR count). The summed E-state index contributed by atoms with van der Waals surface area (Å²) in [5.41, 5.74) is 3.11. The van der Waals surface area contributed by atoms with Gasteiger partial charge in [-0.3, -0.25) is 0 Å². The molecule has 0 saturated heterocycles. The van der Waals surface area contributed by atoms with Crippen molar-refractivity contribution < 1.29 is 13.9 Å². The van der Waals surface area contributed by atoms with Crippen LogP contribution in [0, 0.1) is 12.7 Å². The highest BCUT2D eigenvalue weighted by Crippen LogP contribution is 2.28. The zero-order chi connectivity index (χ0) is 21.1. The first-order valence-corrected chi connectivity index (χ1v) is 9.08. The molecule has 4 aromatic rings. The Labute approximate surface area is 172 Å². The summed E-state index contributed by atoms with van der Waals surface area (Å²) < 4.78 is 25.8. The predicted molar refractivity (Wildman–Crippen MR) is 110 cm³/mol.